The van der Waals surface area contributed by atoms with Crippen LogP contribution >= 0.6 is 15.9 Å². The summed E-state index contributed by atoms with van der Waals surface area (Å²) in [7, 11) is -1.59. The summed E-state index contributed by atoms with van der Waals surface area (Å²) in [6, 6.07) is 1.67. The Morgan fingerprint density at radius 1 is 1.47 bits per heavy atom. The molecule has 0 spiro atoms. The van der Waals surface area contributed by atoms with E-state index in [4.69, 9.17) is 5.73 Å². The number of nitrogens with zero attached hydrogens (tertiary/aromatic N) is 3. The van der Waals surface area contributed by atoms with Crippen LogP contribution in [0.3, 0.4) is 0 Å². The van der Waals surface area contributed by atoms with Crippen LogP contribution in [0, 0.1) is 11.5 Å². The highest BCUT2D eigenvalue weighted by Gasteiger charge is 2.17. The highest BCUT2D eigenvalue weighted by molar-refractivity contribution is 9.10. The summed E-state index contributed by atoms with van der Waals surface area (Å²) in [4.78, 5) is 16.1. The summed E-state index contributed by atoms with van der Waals surface area (Å²) in [5, 5.41) is 4.04. The number of carbonyl (C=O) groups excluding carboxylic acids is 1. The van der Waals surface area contributed by atoms with Gasteiger partial charge in [-0.1, -0.05) is 19.6 Å². The van der Waals surface area contributed by atoms with Gasteiger partial charge in [0.15, 0.2) is 5.82 Å². The number of Topliss-reactive ketones (excluding diaryl/α,β-unsaturated/α-hetero) is 1. The first-order valence-electron chi connectivity index (χ1n) is 5.65. The molecule has 2 aromatic heterocycles. The minimum absolute atomic E-state index is 0.257. The zero-order valence-electron chi connectivity index (χ0n) is 10.9. The van der Waals surface area contributed by atoms with Crippen molar-refractivity contribution in [2.24, 2.45) is 0 Å². The zero-order chi connectivity index (χ0) is 14.2. The predicted octanol–water partition coefficient (Wildman–Crippen LogP) is 2.14. The molecule has 2 heterocycles. The van der Waals surface area contributed by atoms with Crippen molar-refractivity contribution in [1.82, 2.24) is 14.6 Å². The molecule has 0 amide bonds. The minimum Gasteiger partial charge on any atom is -0.382 e. The van der Waals surface area contributed by atoms with E-state index in [1.165, 1.54) is 10.8 Å². The van der Waals surface area contributed by atoms with Crippen molar-refractivity contribution >= 4 is 41.1 Å². The normalized spacial score (nSPS) is 11.2. The number of fused-ring (bicyclic) bond motifs is 1. The van der Waals surface area contributed by atoms with Gasteiger partial charge >= 0.3 is 0 Å². The Morgan fingerprint density at radius 2 is 2.16 bits per heavy atom. The van der Waals surface area contributed by atoms with E-state index in [0.29, 0.717) is 15.7 Å². The highest BCUT2D eigenvalue weighted by Crippen LogP contribution is 2.23. The number of hydrogen-bond donors (Lipinski definition) is 1. The third-order valence-electron chi connectivity index (χ3n) is 2.33. The topological polar surface area (TPSA) is 73.3 Å². The number of halogens is 1. The first kappa shape index (κ1) is 13.8. The molecule has 98 valence electrons. The third kappa shape index (κ3) is 2.85. The molecule has 0 saturated heterocycles. The summed E-state index contributed by atoms with van der Waals surface area (Å²) in [5.74, 6) is 2.70. The van der Waals surface area contributed by atoms with Crippen LogP contribution in [-0.2, 0) is 0 Å². The average Bonchev–Trinajstić information content (AvgIpc) is 2.65. The van der Waals surface area contributed by atoms with E-state index in [1.807, 2.05) is 0 Å². The first-order valence-corrected chi connectivity index (χ1v) is 9.94. The lowest BCUT2D eigenvalue weighted by molar-refractivity contribution is 0.105. The van der Waals surface area contributed by atoms with Crippen molar-refractivity contribution in [3.63, 3.8) is 0 Å². The van der Waals surface area contributed by atoms with Crippen molar-refractivity contribution in [3.05, 3.63) is 22.6 Å². The van der Waals surface area contributed by atoms with Crippen LogP contribution in [0.25, 0.3) is 5.52 Å². The Morgan fingerprint density at radius 3 is 2.79 bits per heavy atom. The molecule has 0 unspecified atom stereocenters. The average molecular weight is 337 g/mol. The fourth-order valence-electron chi connectivity index (χ4n) is 1.51. The molecule has 0 aliphatic rings. The Hall–Kier alpha value is -1.65. The number of nitrogens with two attached hydrogens (primary N) is 1. The molecule has 0 atom stereocenters. The number of hydrogen-bond acceptors (Lipinski definition) is 4. The molecule has 5 nitrogen and oxygen atoms in total. The number of carbonyl (C=O) groups is 1. The molecule has 0 bridgehead atoms. The van der Waals surface area contributed by atoms with Crippen LogP contribution in [0.5, 0.6) is 0 Å². The van der Waals surface area contributed by atoms with E-state index in [1.54, 1.807) is 6.07 Å². The molecule has 19 heavy (non-hydrogen) atoms. The molecule has 2 rings (SSSR count). The number of anilines is 1. The van der Waals surface area contributed by atoms with Crippen LogP contribution in [0.2, 0.25) is 19.6 Å². The maximum atomic E-state index is 12.2. The molecular weight excluding hydrogens is 324 g/mol. The second-order valence-corrected chi connectivity index (χ2v) is 10.7. The van der Waals surface area contributed by atoms with Gasteiger partial charge in [0, 0.05) is 0 Å². The second-order valence-electron chi connectivity index (χ2n) is 5.12. The Kier molecular flexibility index (Phi) is 3.47. The molecule has 0 aromatic carbocycles. The van der Waals surface area contributed by atoms with E-state index < -0.39 is 8.07 Å². The molecule has 0 aliphatic heterocycles. The number of aromatic nitrogens is 3. The Balaban J connectivity index is 2.57. The van der Waals surface area contributed by atoms with Crippen LogP contribution < -0.4 is 5.73 Å². The van der Waals surface area contributed by atoms with Crippen molar-refractivity contribution in [2.75, 3.05) is 5.73 Å². The van der Waals surface area contributed by atoms with Crippen molar-refractivity contribution in [1.29, 1.82) is 0 Å². The summed E-state index contributed by atoms with van der Waals surface area (Å²) in [6.07, 6.45) is 1.34. The lowest BCUT2D eigenvalue weighted by atomic mass is 10.2. The SMILES string of the molecule is C[Si](C)(C)C#CC(=O)c1cc(Br)n2ncnc(N)c12. The largest absolute Gasteiger partial charge is 0.382 e. The zero-order valence-corrected chi connectivity index (χ0v) is 13.4. The maximum Gasteiger partial charge on any atom is 0.237 e. The van der Waals surface area contributed by atoms with E-state index >= 15 is 0 Å². The monoisotopic (exact) mass is 336 g/mol. The van der Waals surface area contributed by atoms with Gasteiger partial charge in [-0.3, -0.25) is 4.79 Å². The van der Waals surface area contributed by atoms with E-state index in [-0.39, 0.29) is 11.6 Å². The van der Waals surface area contributed by atoms with E-state index in [9.17, 15) is 4.79 Å². The molecule has 7 heteroatoms. The fourth-order valence-corrected chi connectivity index (χ4v) is 2.50. The summed E-state index contributed by atoms with van der Waals surface area (Å²) < 4.78 is 2.18. The standard InChI is InChI=1S/C12H13BrN4OSi/c1-19(2,3)5-4-9(18)8-6-10(13)17-11(8)12(14)15-7-16-17/h6-7H,1-3H3,(H2,14,15,16). The lowest BCUT2D eigenvalue weighted by Gasteiger charge is -2.03. The second kappa shape index (κ2) is 4.79. The number of rotatable bonds is 1. The van der Waals surface area contributed by atoms with Gasteiger partial charge in [0.25, 0.3) is 0 Å². The molecule has 2 aromatic rings. The smallest absolute Gasteiger partial charge is 0.237 e. The Labute approximate surface area is 120 Å². The fraction of sp³-hybridized carbons (Fsp3) is 0.250. The lowest BCUT2D eigenvalue weighted by Crippen LogP contribution is -2.17. The quantitative estimate of drug-likeness (QED) is 0.492. The van der Waals surface area contributed by atoms with Crippen LogP contribution in [0.4, 0.5) is 5.82 Å². The predicted molar refractivity (Wildman–Crippen MR) is 80.6 cm³/mol. The van der Waals surface area contributed by atoms with Gasteiger partial charge in [-0.15, -0.1) is 5.54 Å². The van der Waals surface area contributed by atoms with Crippen molar-refractivity contribution in [3.8, 4) is 11.5 Å². The molecule has 0 saturated carbocycles. The van der Waals surface area contributed by atoms with E-state index in [0.717, 1.165) is 0 Å². The molecular formula is C12H13BrN4OSi. The van der Waals surface area contributed by atoms with Gasteiger partial charge in [-0.2, -0.15) is 5.10 Å². The Bertz CT molecular complexity index is 721. The van der Waals surface area contributed by atoms with Crippen LogP contribution in [0.15, 0.2) is 17.0 Å². The van der Waals surface area contributed by atoms with Gasteiger partial charge in [0.1, 0.15) is 24.5 Å². The van der Waals surface area contributed by atoms with Gasteiger partial charge < -0.3 is 5.73 Å². The summed E-state index contributed by atoms with van der Waals surface area (Å²) in [5.41, 5.74) is 9.77. The summed E-state index contributed by atoms with van der Waals surface area (Å²) >= 11 is 3.34. The third-order valence-corrected chi connectivity index (χ3v) is 3.77. The van der Waals surface area contributed by atoms with Gasteiger partial charge in [-0.05, 0) is 27.9 Å². The number of ketones is 1. The van der Waals surface area contributed by atoms with Gasteiger partial charge in [0.2, 0.25) is 5.78 Å². The summed E-state index contributed by atoms with van der Waals surface area (Å²) in [6.45, 7) is 6.25. The van der Waals surface area contributed by atoms with Crippen molar-refractivity contribution in [2.45, 2.75) is 19.6 Å². The molecule has 0 radical (unpaired) electrons. The number of nitrogen functional groups attached to an aromatic ring is 1. The highest BCUT2D eigenvalue weighted by atomic mass is 79.9. The minimum atomic E-state index is -1.59. The molecule has 0 aliphatic carbocycles. The molecule has 2 N–H and O–H groups in total. The molecule has 0 fully saturated rings. The maximum absolute atomic E-state index is 12.2. The van der Waals surface area contributed by atoms with Crippen LogP contribution in [0.1, 0.15) is 10.4 Å². The van der Waals surface area contributed by atoms with Crippen molar-refractivity contribution < 1.29 is 4.79 Å². The van der Waals surface area contributed by atoms with Gasteiger partial charge in [-0.25, -0.2) is 9.50 Å². The van der Waals surface area contributed by atoms with Crippen LogP contribution in [-0.4, -0.2) is 28.5 Å². The first-order chi connectivity index (χ1) is 8.79. The van der Waals surface area contributed by atoms with Gasteiger partial charge in [0.05, 0.1) is 5.56 Å². The van der Waals surface area contributed by atoms with E-state index in [2.05, 4.69) is 57.1 Å².